The number of urea groups is 1. The zero-order valence-electron chi connectivity index (χ0n) is 17.8. The first kappa shape index (κ1) is 23.2. The topological polar surface area (TPSA) is 163 Å². The normalized spacial score (nSPS) is 14.9. The lowest BCUT2D eigenvalue weighted by molar-refractivity contribution is -0.113. The SMILES string of the molecule is NC(=O)C=C(c1cccc(F)c1)c1ccc2nc(N)n(S(=O)(=O)NC(=O)N3CCOCC3)c2c1. The van der Waals surface area contributed by atoms with Gasteiger partial charge in [-0.25, -0.2) is 18.9 Å². The Bertz CT molecular complexity index is 1410. The molecule has 0 unspecified atom stereocenters. The van der Waals surface area contributed by atoms with Gasteiger partial charge in [0.05, 0.1) is 24.2 Å². The number of benzene rings is 2. The number of carbonyl (C=O) groups is 2. The van der Waals surface area contributed by atoms with Crippen molar-refractivity contribution in [2.45, 2.75) is 0 Å². The van der Waals surface area contributed by atoms with E-state index < -0.39 is 28.0 Å². The Morgan fingerprint density at radius 2 is 1.82 bits per heavy atom. The highest BCUT2D eigenvalue weighted by atomic mass is 32.2. The predicted molar refractivity (Wildman–Crippen MR) is 122 cm³/mol. The van der Waals surface area contributed by atoms with E-state index in [4.69, 9.17) is 16.2 Å². The fraction of sp³-hybridized carbons (Fsp3) is 0.190. The first-order valence-electron chi connectivity index (χ1n) is 10.1. The van der Waals surface area contributed by atoms with Crippen LogP contribution in [0.15, 0.2) is 48.5 Å². The molecule has 0 spiro atoms. The molecule has 0 radical (unpaired) electrons. The summed E-state index contributed by atoms with van der Waals surface area (Å²) in [4.78, 5) is 29.5. The molecule has 178 valence electrons. The summed E-state index contributed by atoms with van der Waals surface area (Å²) in [6, 6.07) is 9.14. The first-order valence-corrected chi connectivity index (χ1v) is 11.5. The third-order valence-corrected chi connectivity index (χ3v) is 6.42. The van der Waals surface area contributed by atoms with Crippen LogP contribution in [0, 0.1) is 5.82 Å². The lowest BCUT2D eigenvalue weighted by Gasteiger charge is -2.26. The van der Waals surface area contributed by atoms with E-state index in [9.17, 15) is 22.4 Å². The molecule has 1 fully saturated rings. The highest BCUT2D eigenvalue weighted by Gasteiger charge is 2.27. The van der Waals surface area contributed by atoms with Crippen LogP contribution in [0.25, 0.3) is 16.6 Å². The van der Waals surface area contributed by atoms with Crippen molar-refractivity contribution in [2.75, 3.05) is 32.0 Å². The number of nitrogens with two attached hydrogens (primary N) is 2. The number of fused-ring (bicyclic) bond motifs is 1. The third kappa shape index (κ3) is 4.70. The van der Waals surface area contributed by atoms with Crippen molar-refractivity contribution in [3.63, 3.8) is 0 Å². The predicted octanol–water partition coefficient (Wildman–Crippen LogP) is 0.809. The molecule has 34 heavy (non-hydrogen) atoms. The van der Waals surface area contributed by atoms with E-state index in [0.29, 0.717) is 28.3 Å². The highest BCUT2D eigenvalue weighted by molar-refractivity contribution is 7.88. The smallest absolute Gasteiger partial charge is 0.334 e. The number of hydrogen-bond donors (Lipinski definition) is 3. The molecule has 3 aromatic rings. The zero-order valence-corrected chi connectivity index (χ0v) is 18.6. The first-order chi connectivity index (χ1) is 16.2. The second kappa shape index (κ2) is 9.11. The number of carbonyl (C=O) groups excluding carboxylic acids is 2. The van der Waals surface area contributed by atoms with Crippen LogP contribution in [0.2, 0.25) is 0 Å². The van der Waals surface area contributed by atoms with Crippen LogP contribution in [0.5, 0.6) is 0 Å². The Morgan fingerprint density at radius 1 is 1.12 bits per heavy atom. The van der Waals surface area contributed by atoms with Gasteiger partial charge in [0.2, 0.25) is 11.9 Å². The second-order valence-corrected chi connectivity index (χ2v) is 8.94. The molecule has 0 bridgehead atoms. The van der Waals surface area contributed by atoms with E-state index in [1.807, 2.05) is 4.72 Å². The largest absolute Gasteiger partial charge is 0.378 e. The Morgan fingerprint density at radius 3 is 2.50 bits per heavy atom. The number of amides is 3. The van der Waals surface area contributed by atoms with Gasteiger partial charge in [0.1, 0.15) is 5.82 Å². The lowest BCUT2D eigenvalue weighted by atomic mass is 9.97. The molecular weight excluding hydrogens is 467 g/mol. The Hall–Kier alpha value is -3.97. The van der Waals surface area contributed by atoms with Crippen molar-refractivity contribution in [1.82, 2.24) is 18.6 Å². The van der Waals surface area contributed by atoms with E-state index in [-0.39, 0.29) is 35.6 Å². The van der Waals surface area contributed by atoms with E-state index in [1.54, 1.807) is 12.1 Å². The van der Waals surface area contributed by atoms with Gasteiger partial charge >= 0.3 is 16.2 Å². The molecule has 0 saturated carbocycles. The standard InChI is InChI=1S/C21H21FN6O5S/c22-15-3-1-2-13(10-15)16(12-19(23)29)14-4-5-17-18(11-14)28(20(24)25-17)34(31,32)26-21(30)27-6-8-33-9-7-27/h1-5,10-12H,6-9H2,(H2,23,29)(H2,24,25)(H,26,30). The number of nitrogens with zero attached hydrogens (tertiary/aromatic N) is 3. The zero-order chi connectivity index (χ0) is 24.5. The Balaban J connectivity index is 1.78. The summed E-state index contributed by atoms with van der Waals surface area (Å²) in [5.74, 6) is -1.69. The summed E-state index contributed by atoms with van der Waals surface area (Å²) >= 11 is 0. The van der Waals surface area contributed by atoms with Gasteiger partial charge in [0.15, 0.2) is 0 Å². The van der Waals surface area contributed by atoms with Crippen LogP contribution in [0.3, 0.4) is 0 Å². The maximum absolute atomic E-state index is 13.8. The van der Waals surface area contributed by atoms with E-state index in [2.05, 4.69) is 4.98 Å². The van der Waals surface area contributed by atoms with E-state index in [0.717, 1.165) is 6.08 Å². The molecule has 2 heterocycles. The van der Waals surface area contributed by atoms with Gasteiger partial charge in [0, 0.05) is 19.2 Å². The Labute approximate surface area is 194 Å². The van der Waals surface area contributed by atoms with Crippen LogP contribution >= 0.6 is 0 Å². The Kier molecular flexibility index (Phi) is 6.22. The van der Waals surface area contributed by atoms with Gasteiger partial charge in [0.25, 0.3) is 0 Å². The lowest BCUT2D eigenvalue weighted by Crippen LogP contribution is -2.49. The molecule has 1 aliphatic heterocycles. The maximum atomic E-state index is 13.8. The molecule has 3 amide bonds. The highest BCUT2D eigenvalue weighted by Crippen LogP contribution is 2.29. The van der Waals surface area contributed by atoms with Crippen LogP contribution in [0.4, 0.5) is 15.1 Å². The number of nitrogens with one attached hydrogen (secondary N) is 1. The third-order valence-electron chi connectivity index (χ3n) is 5.13. The molecular formula is C21H21FN6O5S. The summed E-state index contributed by atoms with van der Waals surface area (Å²) in [7, 11) is -4.48. The van der Waals surface area contributed by atoms with Gasteiger partial charge < -0.3 is 21.1 Å². The summed E-state index contributed by atoms with van der Waals surface area (Å²) in [6.07, 6.45) is 1.11. The van der Waals surface area contributed by atoms with Crippen molar-refractivity contribution >= 4 is 44.7 Å². The number of primary amides is 1. The fourth-order valence-corrected chi connectivity index (χ4v) is 4.74. The van der Waals surface area contributed by atoms with E-state index in [1.165, 1.54) is 35.2 Å². The minimum absolute atomic E-state index is 0.0454. The van der Waals surface area contributed by atoms with Crippen LogP contribution in [-0.4, -0.2) is 60.5 Å². The molecule has 1 aliphatic rings. The van der Waals surface area contributed by atoms with Gasteiger partial charge in [-0.05, 0) is 41.0 Å². The van der Waals surface area contributed by atoms with E-state index >= 15 is 0 Å². The quantitative estimate of drug-likeness (QED) is 0.448. The summed E-state index contributed by atoms with van der Waals surface area (Å²) in [5, 5.41) is 0. The van der Waals surface area contributed by atoms with Crippen molar-refractivity contribution < 1.29 is 27.1 Å². The average Bonchev–Trinajstić information content (AvgIpc) is 3.13. The monoisotopic (exact) mass is 488 g/mol. The minimum Gasteiger partial charge on any atom is -0.378 e. The number of imidazole rings is 1. The summed E-state index contributed by atoms with van der Waals surface area (Å²) in [6.45, 7) is 1.06. The van der Waals surface area contributed by atoms with Crippen molar-refractivity contribution in [3.05, 3.63) is 65.5 Å². The molecule has 0 aliphatic carbocycles. The minimum atomic E-state index is -4.48. The van der Waals surface area contributed by atoms with Crippen molar-refractivity contribution in [2.24, 2.45) is 5.73 Å². The number of anilines is 1. The molecule has 13 heteroatoms. The van der Waals surface area contributed by atoms with Gasteiger partial charge in [-0.3, -0.25) is 4.79 Å². The number of hydrogen-bond acceptors (Lipinski definition) is 7. The number of halogens is 1. The number of nitrogen functional groups attached to an aromatic ring is 1. The molecule has 11 nitrogen and oxygen atoms in total. The number of ether oxygens (including phenoxy) is 1. The van der Waals surface area contributed by atoms with Crippen molar-refractivity contribution in [1.29, 1.82) is 0 Å². The maximum Gasteiger partial charge on any atom is 0.334 e. The number of morpholine rings is 1. The molecule has 1 aromatic heterocycles. The number of rotatable bonds is 5. The van der Waals surface area contributed by atoms with Crippen LogP contribution in [0.1, 0.15) is 11.1 Å². The molecule has 5 N–H and O–H groups in total. The second-order valence-electron chi connectivity index (χ2n) is 7.42. The van der Waals surface area contributed by atoms with Gasteiger partial charge in [-0.2, -0.15) is 12.4 Å². The summed E-state index contributed by atoms with van der Waals surface area (Å²) < 4.78 is 47.8. The molecule has 0 atom stereocenters. The fourth-order valence-electron chi connectivity index (χ4n) is 3.61. The summed E-state index contributed by atoms with van der Waals surface area (Å²) in [5.41, 5.74) is 12.5. The number of aromatic nitrogens is 2. The van der Waals surface area contributed by atoms with Gasteiger partial charge in [-0.1, -0.05) is 18.2 Å². The van der Waals surface area contributed by atoms with Crippen LogP contribution in [-0.2, 0) is 19.7 Å². The molecule has 2 aromatic carbocycles. The molecule has 1 saturated heterocycles. The average molecular weight is 489 g/mol. The van der Waals surface area contributed by atoms with Crippen LogP contribution < -0.4 is 16.2 Å². The van der Waals surface area contributed by atoms with Gasteiger partial charge in [-0.15, -0.1) is 0 Å². The molecule has 4 rings (SSSR count). The van der Waals surface area contributed by atoms with Crippen molar-refractivity contribution in [3.8, 4) is 0 Å².